The molecule has 0 aliphatic heterocycles. The van der Waals surface area contributed by atoms with Crippen molar-refractivity contribution in [2.24, 2.45) is 0 Å². The second-order valence-electron chi connectivity index (χ2n) is 3.11. The average molecular weight is 319 g/mol. The molecule has 0 spiro atoms. The second-order valence-corrected chi connectivity index (χ2v) is 4.02. The number of halogens is 7. The maximum Gasteiger partial charge on any atom is 0.421 e. The summed E-state index contributed by atoms with van der Waals surface area (Å²) >= 11 is 3.03. The summed E-state index contributed by atoms with van der Waals surface area (Å²) in [4.78, 5) is 0. The molecule has 1 aromatic rings. The van der Waals surface area contributed by atoms with Gasteiger partial charge in [-0.15, -0.1) is 0 Å². The summed E-state index contributed by atoms with van der Waals surface area (Å²) in [6.45, 7) is 0. The fourth-order valence-corrected chi connectivity index (χ4v) is 1.31. The largest absolute Gasteiger partial charge is 0.421 e. The van der Waals surface area contributed by atoms with Crippen molar-refractivity contribution in [2.45, 2.75) is 12.4 Å². The molecule has 0 nitrogen and oxygen atoms in total. The van der Waals surface area contributed by atoms with E-state index in [2.05, 4.69) is 15.9 Å². The normalized spacial score (nSPS) is 12.4. The van der Waals surface area contributed by atoms with E-state index in [1.165, 1.54) is 12.1 Å². The number of rotatable bonds is 1. The molecule has 0 saturated heterocycles. The maximum absolute atomic E-state index is 12.2. The van der Waals surface area contributed by atoms with Gasteiger partial charge in [0.1, 0.15) is 5.57 Å². The van der Waals surface area contributed by atoms with Gasteiger partial charge in [0.15, 0.2) is 0 Å². The van der Waals surface area contributed by atoms with Crippen LogP contribution in [0.2, 0.25) is 0 Å². The molecular weight excluding hydrogens is 314 g/mol. The third-order valence-electron chi connectivity index (χ3n) is 1.79. The molecular formula is C10H5BrF6. The van der Waals surface area contributed by atoms with Gasteiger partial charge < -0.3 is 0 Å². The van der Waals surface area contributed by atoms with Crippen LogP contribution in [0.1, 0.15) is 5.56 Å². The summed E-state index contributed by atoms with van der Waals surface area (Å²) in [5.41, 5.74) is -2.69. The molecule has 0 radical (unpaired) electrons. The van der Waals surface area contributed by atoms with Gasteiger partial charge in [-0.1, -0.05) is 28.1 Å². The topological polar surface area (TPSA) is 0 Å². The second kappa shape index (κ2) is 4.72. The molecule has 0 heterocycles. The third-order valence-corrected chi connectivity index (χ3v) is 2.32. The molecule has 0 aliphatic rings. The molecule has 0 aromatic heterocycles. The smallest absolute Gasteiger partial charge is 0.166 e. The summed E-state index contributed by atoms with van der Waals surface area (Å²) in [5, 5.41) is 0. The Balaban J connectivity index is 3.20. The lowest BCUT2D eigenvalue weighted by Crippen LogP contribution is -2.25. The Hall–Kier alpha value is -0.980. The molecule has 0 atom stereocenters. The Morgan fingerprint density at radius 2 is 1.29 bits per heavy atom. The lowest BCUT2D eigenvalue weighted by molar-refractivity contribution is -0.170. The summed E-state index contributed by atoms with van der Waals surface area (Å²) in [7, 11) is 0. The highest BCUT2D eigenvalue weighted by Crippen LogP contribution is 2.39. The Kier molecular flexibility index (Phi) is 3.91. The van der Waals surface area contributed by atoms with E-state index in [9.17, 15) is 26.3 Å². The van der Waals surface area contributed by atoms with Gasteiger partial charge in [0, 0.05) is 4.47 Å². The number of alkyl halides is 6. The molecule has 0 fully saturated rings. The average Bonchev–Trinajstić information content (AvgIpc) is 2.13. The number of hydrogen-bond donors (Lipinski definition) is 0. The van der Waals surface area contributed by atoms with Crippen molar-refractivity contribution in [2.75, 3.05) is 0 Å². The van der Waals surface area contributed by atoms with Crippen LogP contribution in [0.4, 0.5) is 26.3 Å². The van der Waals surface area contributed by atoms with Crippen LogP contribution < -0.4 is 0 Å². The third kappa shape index (κ3) is 4.07. The summed E-state index contributed by atoms with van der Waals surface area (Å²) < 4.78 is 73.7. The highest BCUT2D eigenvalue weighted by atomic mass is 79.9. The van der Waals surface area contributed by atoms with Crippen molar-refractivity contribution in [1.29, 1.82) is 0 Å². The van der Waals surface area contributed by atoms with Crippen LogP contribution in [0, 0.1) is 0 Å². The fraction of sp³-hybridized carbons (Fsp3) is 0.200. The van der Waals surface area contributed by atoms with Crippen molar-refractivity contribution in [3.63, 3.8) is 0 Å². The van der Waals surface area contributed by atoms with Gasteiger partial charge in [-0.3, -0.25) is 0 Å². The fourth-order valence-electron chi connectivity index (χ4n) is 1.05. The predicted octanol–water partition coefficient (Wildman–Crippen LogP) is 4.96. The van der Waals surface area contributed by atoms with Crippen molar-refractivity contribution in [1.82, 2.24) is 0 Å². The standard InChI is InChI=1S/C10H5BrF6/c11-7-3-1-6(2-4-7)5-8(9(12,13)14)10(15,16)17/h1-5H. The first kappa shape index (κ1) is 14.1. The first-order chi connectivity index (χ1) is 7.60. The highest BCUT2D eigenvalue weighted by molar-refractivity contribution is 9.10. The van der Waals surface area contributed by atoms with Gasteiger partial charge in [-0.05, 0) is 23.8 Å². The van der Waals surface area contributed by atoms with Crippen LogP contribution in [0.3, 0.4) is 0 Å². The molecule has 0 saturated carbocycles. The van der Waals surface area contributed by atoms with Crippen molar-refractivity contribution >= 4 is 22.0 Å². The minimum absolute atomic E-state index is 0.0758. The molecule has 7 heteroatoms. The molecule has 17 heavy (non-hydrogen) atoms. The van der Waals surface area contributed by atoms with Gasteiger partial charge in [0.05, 0.1) is 0 Å². The molecule has 1 aromatic carbocycles. The quantitative estimate of drug-likeness (QED) is 0.642. The van der Waals surface area contributed by atoms with Crippen molar-refractivity contribution < 1.29 is 26.3 Å². The van der Waals surface area contributed by atoms with Crippen LogP contribution >= 0.6 is 15.9 Å². The number of allylic oxidation sites excluding steroid dienone is 1. The van der Waals surface area contributed by atoms with E-state index >= 15 is 0 Å². The molecule has 0 aliphatic carbocycles. The molecule has 0 amide bonds. The van der Waals surface area contributed by atoms with E-state index in [4.69, 9.17) is 0 Å². The zero-order valence-corrected chi connectivity index (χ0v) is 9.62. The van der Waals surface area contributed by atoms with Crippen LogP contribution in [0.25, 0.3) is 6.08 Å². The number of benzene rings is 1. The Morgan fingerprint density at radius 3 is 1.65 bits per heavy atom. The van der Waals surface area contributed by atoms with E-state index in [1.54, 1.807) is 0 Å². The van der Waals surface area contributed by atoms with E-state index in [-0.39, 0.29) is 11.6 Å². The van der Waals surface area contributed by atoms with E-state index < -0.39 is 17.9 Å². The minimum Gasteiger partial charge on any atom is -0.166 e. The lowest BCUT2D eigenvalue weighted by atomic mass is 10.1. The molecule has 0 bridgehead atoms. The van der Waals surface area contributed by atoms with E-state index in [0.29, 0.717) is 4.47 Å². The zero-order chi connectivity index (χ0) is 13.3. The monoisotopic (exact) mass is 318 g/mol. The van der Waals surface area contributed by atoms with E-state index in [1.807, 2.05) is 0 Å². The number of hydrogen-bond acceptors (Lipinski definition) is 0. The minimum atomic E-state index is -5.43. The lowest BCUT2D eigenvalue weighted by Gasteiger charge is -2.14. The van der Waals surface area contributed by atoms with Crippen molar-refractivity contribution in [3.8, 4) is 0 Å². The van der Waals surface area contributed by atoms with Crippen LogP contribution in [-0.2, 0) is 0 Å². The van der Waals surface area contributed by atoms with Crippen LogP contribution in [0.15, 0.2) is 34.3 Å². The van der Waals surface area contributed by atoms with Crippen LogP contribution in [0.5, 0.6) is 0 Å². The van der Waals surface area contributed by atoms with Gasteiger partial charge >= 0.3 is 12.4 Å². The molecule has 94 valence electrons. The summed E-state index contributed by atoms with van der Waals surface area (Å²) in [6.07, 6.45) is -10.8. The van der Waals surface area contributed by atoms with Gasteiger partial charge in [-0.25, -0.2) is 0 Å². The first-order valence-electron chi connectivity index (χ1n) is 4.22. The van der Waals surface area contributed by atoms with E-state index in [0.717, 1.165) is 12.1 Å². The van der Waals surface area contributed by atoms with Gasteiger partial charge in [0.2, 0.25) is 0 Å². The SMILES string of the molecule is FC(F)(F)C(=Cc1ccc(Br)cc1)C(F)(F)F. The highest BCUT2D eigenvalue weighted by Gasteiger charge is 2.50. The summed E-state index contributed by atoms with van der Waals surface area (Å²) in [6, 6.07) is 5.02. The molecule has 0 unspecified atom stereocenters. The zero-order valence-electron chi connectivity index (χ0n) is 8.03. The molecule has 0 N–H and O–H groups in total. The Bertz CT molecular complexity index is 396. The molecule has 1 rings (SSSR count). The summed E-state index contributed by atoms with van der Waals surface area (Å²) in [5.74, 6) is 0. The van der Waals surface area contributed by atoms with Crippen LogP contribution in [-0.4, -0.2) is 12.4 Å². The van der Waals surface area contributed by atoms with Gasteiger partial charge in [-0.2, -0.15) is 26.3 Å². The van der Waals surface area contributed by atoms with Crippen molar-refractivity contribution in [3.05, 3.63) is 39.9 Å². The first-order valence-corrected chi connectivity index (χ1v) is 5.01. The predicted molar refractivity (Wildman–Crippen MR) is 54.2 cm³/mol. The Morgan fingerprint density at radius 1 is 0.882 bits per heavy atom. The van der Waals surface area contributed by atoms with Gasteiger partial charge in [0.25, 0.3) is 0 Å². The maximum atomic E-state index is 12.2. The Labute approximate surface area is 101 Å².